The van der Waals surface area contributed by atoms with E-state index in [1.54, 1.807) is 6.08 Å². The van der Waals surface area contributed by atoms with Gasteiger partial charge in [0.2, 0.25) is 0 Å². The van der Waals surface area contributed by atoms with Crippen molar-refractivity contribution in [1.29, 1.82) is 0 Å². The summed E-state index contributed by atoms with van der Waals surface area (Å²) >= 11 is 0. The van der Waals surface area contributed by atoms with Gasteiger partial charge in [-0.15, -0.1) is 0 Å². The van der Waals surface area contributed by atoms with Crippen LogP contribution in [0.15, 0.2) is 204 Å². The molecule has 5 rings (SSSR count). The number of furan rings is 2. The van der Waals surface area contributed by atoms with Gasteiger partial charge in [-0.2, -0.15) is 0 Å². The summed E-state index contributed by atoms with van der Waals surface area (Å²) < 4.78 is 12.6. The first-order chi connectivity index (χ1) is 25.5. The van der Waals surface area contributed by atoms with Gasteiger partial charge in [-0.1, -0.05) is 141 Å². The van der Waals surface area contributed by atoms with Gasteiger partial charge >= 0.3 is 0 Å². The fraction of sp³-hybridized carbons (Fsp3) is 0.0833. The quantitative estimate of drug-likeness (QED) is 0.136. The van der Waals surface area contributed by atoms with Gasteiger partial charge in [0.05, 0.1) is 0 Å². The highest BCUT2D eigenvalue weighted by Crippen LogP contribution is 2.38. The van der Waals surface area contributed by atoms with Crippen LogP contribution in [0.2, 0.25) is 0 Å². The van der Waals surface area contributed by atoms with Crippen LogP contribution in [0.25, 0.3) is 55.0 Å². The van der Waals surface area contributed by atoms with Gasteiger partial charge in [0.25, 0.3) is 0 Å². The molecular formula is C48H50N2O2. The Bertz CT molecular complexity index is 2270. The molecule has 52 heavy (non-hydrogen) atoms. The van der Waals surface area contributed by atoms with E-state index in [0.29, 0.717) is 0 Å². The van der Waals surface area contributed by atoms with E-state index in [2.05, 4.69) is 92.6 Å². The molecule has 0 saturated heterocycles. The van der Waals surface area contributed by atoms with E-state index in [4.69, 9.17) is 14.6 Å². The van der Waals surface area contributed by atoms with Gasteiger partial charge in [-0.25, -0.2) is 0 Å². The molecule has 4 N–H and O–H groups in total. The van der Waals surface area contributed by atoms with Crippen molar-refractivity contribution in [2.24, 2.45) is 11.5 Å². The normalized spacial score (nSPS) is 13.2. The zero-order chi connectivity index (χ0) is 37.6. The first-order valence-corrected chi connectivity index (χ1v) is 17.2. The van der Waals surface area contributed by atoms with Crippen molar-refractivity contribution in [2.75, 3.05) is 0 Å². The van der Waals surface area contributed by atoms with Crippen molar-refractivity contribution in [2.45, 2.75) is 27.7 Å². The maximum atomic E-state index is 6.34. The second kappa shape index (κ2) is 22.2. The lowest BCUT2D eigenvalue weighted by Gasteiger charge is -2.02. The minimum absolute atomic E-state index is 0.816. The Morgan fingerprint density at radius 1 is 0.500 bits per heavy atom. The first kappa shape index (κ1) is 39.9. The van der Waals surface area contributed by atoms with Gasteiger partial charge in [-0.05, 0) is 98.8 Å². The average Bonchev–Trinajstić information content (AvgIpc) is 3.70. The topological polar surface area (TPSA) is 78.3 Å². The molecule has 0 saturated carbocycles. The summed E-state index contributed by atoms with van der Waals surface area (Å²) in [6.45, 7) is 15.1. The van der Waals surface area contributed by atoms with Gasteiger partial charge in [0.15, 0.2) is 0 Å². The van der Waals surface area contributed by atoms with E-state index < -0.39 is 0 Å². The van der Waals surface area contributed by atoms with Crippen LogP contribution in [-0.2, 0) is 0 Å². The highest BCUT2D eigenvalue weighted by atomic mass is 16.3. The van der Waals surface area contributed by atoms with Crippen molar-refractivity contribution in [3.05, 3.63) is 207 Å². The van der Waals surface area contributed by atoms with E-state index in [0.717, 1.165) is 66.2 Å². The molecular weight excluding hydrogens is 637 g/mol. The third kappa shape index (κ3) is 11.3. The van der Waals surface area contributed by atoms with E-state index in [1.165, 1.54) is 12.4 Å². The van der Waals surface area contributed by atoms with Crippen LogP contribution in [0.3, 0.4) is 0 Å². The van der Waals surface area contributed by atoms with Crippen LogP contribution in [0.4, 0.5) is 0 Å². The van der Waals surface area contributed by atoms with Gasteiger partial charge < -0.3 is 20.3 Å². The van der Waals surface area contributed by atoms with E-state index >= 15 is 0 Å². The Kier molecular flexibility index (Phi) is 17.1. The highest BCUT2D eigenvalue weighted by molar-refractivity contribution is 6.15. The SMILES string of the molecule is C/C=C/C=C\C=C/N.C=C/C(=C\C=C/C)c1ccc2c(c1)oc1cc3oc4cc(C(/C=C/C=C/C=C\C=C/C=C/C)=C/C)ccc4c3cc12.C=CN. The van der Waals surface area contributed by atoms with Crippen LogP contribution in [0, 0.1) is 0 Å². The maximum Gasteiger partial charge on any atom is 0.139 e. The Morgan fingerprint density at radius 2 is 0.942 bits per heavy atom. The summed E-state index contributed by atoms with van der Waals surface area (Å²) in [7, 11) is 0. The minimum Gasteiger partial charge on any atom is -0.456 e. The summed E-state index contributed by atoms with van der Waals surface area (Å²) in [5.41, 5.74) is 17.4. The summed E-state index contributed by atoms with van der Waals surface area (Å²) in [4.78, 5) is 0. The monoisotopic (exact) mass is 686 g/mol. The molecule has 2 heterocycles. The number of rotatable bonds is 11. The van der Waals surface area contributed by atoms with E-state index in [1.807, 2.05) is 118 Å². The van der Waals surface area contributed by atoms with Crippen molar-refractivity contribution >= 4 is 55.0 Å². The number of allylic oxidation sites excluding steroid dienone is 22. The van der Waals surface area contributed by atoms with Crippen molar-refractivity contribution in [3.63, 3.8) is 0 Å². The first-order valence-electron chi connectivity index (χ1n) is 17.2. The van der Waals surface area contributed by atoms with Gasteiger partial charge in [0, 0.05) is 27.6 Å². The van der Waals surface area contributed by atoms with Crippen molar-refractivity contribution < 1.29 is 8.83 Å². The molecule has 0 atom stereocenters. The van der Waals surface area contributed by atoms with Crippen LogP contribution in [0.1, 0.15) is 38.8 Å². The fourth-order valence-electron chi connectivity index (χ4n) is 5.21. The van der Waals surface area contributed by atoms with Crippen LogP contribution >= 0.6 is 0 Å². The molecule has 0 fully saturated rings. The molecule has 0 radical (unpaired) electrons. The molecule has 0 aliphatic rings. The van der Waals surface area contributed by atoms with Crippen LogP contribution < -0.4 is 11.5 Å². The standard InChI is InChI=1S/C39H34O2.C7H11N.C2H5N/c1-5-9-11-12-13-14-15-16-17-19-29(8-4)31-21-23-33-35-26-34-32-22-20-30(28(7-3)18-10-6-2)24-36(32)40-38(34)27-39(35)41-37(33)25-31;1-2-3-4-5-6-7-8;1-2-3/h5-27H,3H2,1-2,4H3;2-7H,8H2,1H3;2H,1,3H2/b9-5+,10-6-,12-11-,14-13-,16-15+,19-17+,28-18+,29-8+;3-2+,5-4-,7-6-;. The van der Waals surface area contributed by atoms with Crippen molar-refractivity contribution in [3.8, 4) is 0 Å². The van der Waals surface area contributed by atoms with Crippen LogP contribution in [0.5, 0.6) is 0 Å². The summed E-state index contributed by atoms with van der Waals surface area (Å²) in [6, 6.07) is 17.0. The lowest BCUT2D eigenvalue weighted by molar-refractivity contribution is 0.656. The van der Waals surface area contributed by atoms with Gasteiger partial charge in [-0.3, -0.25) is 0 Å². The second-order valence-corrected chi connectivity index (χ2v) is 11.1. The smallest absolute Gasteiger partial charge is 0.139 e. The Balaban J connectivity index is 0.000000579. The molecule has 4 heteroatoms. The Hall–Kier alpha value is -6.52. The molecule has 264 valence electrons. The maximum absolute atomic E-state index is 6.34. The molecule has 0 amide bonds. The van der Waals surface area contributed by atoms with E-state index in [-0.39, 0.29) is 0 Å². The number of nitrogens with two attached hydrogens (primary N) is 2. The Labute approximate surface area is 308 Å². The largest absolute Gasteiger partial charge is 0.456 e. The zero-order valence-electron chi connectivity index (χ0n) is 30.7. The molecule has 0 spiro atoms. The number of benzene rings is 3. The molecule has 0 aliphatic carbocycles. The molecule has 2 aromatic heterocycles. The molecule has 0 aliphatic heterocycles. The number of fused-ring (bicyclic) bond motifs is 6. The predicted molar refractivity (Wildman–Crippen MR) is 231 cm³/mol. The van der Waals surface area contributed by atoms with Gasteiger partial charge in [0.1, 0.15) is 22.3 Å². The summed E-state index contributed by atoms with van der Waals surface area (Å²) in [5.74, 6) is 0. The van der Waals surface area contributed by atoms with Crippen LogP contribution in [-0.4, -0.2) is 0 Å². The number of hydrogen-bond donors (Lipinski definition) is 2. The zero-order valence-corrected chi connectivity index (χ0v) is 30.7. The summed E-state index contributed by atoms with van der Waals surface area (Å²) in [5, 5.41) is 4.35. The lowest BCUT2D eigenvalue weighted by atomic mass is 10.0. The minimum atomic E-state index is 0.816. The molecule has 5 aromatic rings. The average molecular weight is 687 g/mol. The lowest BCUT2D eigenvalue weighted by Crippen LogP contribution is -1.80. The molecule has 0 unspecified atom stereocenters. The molecule has 3 aromatic carbocycles. The molecule has 4 nitrogen and oxygen atoms in total. The highest BCUT2D eigenvalue weighted by Gasteiger charge is 2.14. The fourth-order valence-corrected chi connectivity index (χ4v) is 5.21. The third-order valence-corrected chi connectivity index (χ3v) is 7.61. The van der Waals surface area contributed by atoms with Crippen molar-refractivity contribution in [1.82, 2.24) is 0 Å². The predicted octanol–water partition coefficient (Wildman–Crippen LogP) is 13.5. The van der Waals surface area contributed by atoms with E-state index in [9.17, 15) is 0 Å². The molecule has 0 bridgehead atoms. The second-order valence-electron chi connectivity index (χ2n) is 11.1. The summed E-state index contributed by atoms with van der Waals surface area (Å²) in [6.07, 6.45) is 42.5. The Morgan fingerprint density at radius 3 is 1.40 bits per heavy atom. The number of hydrogen-bond acceptors (Lipinski definition) is 4. The third-order valence-electron chi connectivity index (χ3n) is 7.61.